The first kappa shape index (κ1) is 25.2. The maximum atomic E-state index is 4.99. The molecular weight excluding hydrogens is 474 g/mol. The Hall–Kier alpha value is -4.11. The molecule has 0 fully saturated rings. The van der Waals surface area contributed by atoms with Crippen LogP contribution < -0.4 is 4.57 Å². The standard InChI is InChI=1S/C36H36N3/c1-24(2)26-20-23-39(32-17-8-7-14-27(26)32)36(5,6)29-18-19-31(34-28(29)15-11-22-38-34)35(3,4)30-16-9-12-25-13-10-21-37-33(25)30/h7-24H,1-6H3/q+1. The van der Waals surface area contributed by atoms with Gasteiger partial charge in [0.25, 0.3) is 0 Å². The lowest BCUT2D eigenvalue weighted by Gasteiger charge is -2.30. The first-order chi connectivity index (χ1) is 18.7. The number of rotatable bonds is 5. The van der Waals surface area contributed by atoms with Crippen molar-refractivity contribution in [2.24, 2.45) is 0 Å². The van der Waals surface area contributed by atoms with Crippen LogP contribution in [0.5, 0.6) is 0 Å². The maximum absolute atomic E-state index is 4.99. The molecule has 3 heteroatoms. The van der Waals surface area contributed by atoms with Gasteiger partial charge in [0.1, 0.15) is 0 Å². The van der Waals surface area contributed by atoms with E-state index in [4.69, 9.17) is 9.97 Å². The lowest BCUT2D eigenvalue weighted by molar-refractivity contribution is -0.723. The molecule has 0 spiro atoms. The Balaban J connectivity index is 1.57. The summed E-state index contributed by atoms with van der Waals surface area (Å²) in [5.74, 6) is 0.461. The van der Waals surface area contributed by atoms with Crippen molar-refractivity contribution >= 4 is 32.7 Å². The molecule has 0 N–H and O–H groups in total. The number of aromatic nitrogens is 3. The van der Waals surface area contributed by atoms with Crippen molar-refractivity contribution in [2.75, 3.05) is 0 Å². The second-order valence-corrected chi connectivity index (χ2v) is 11.9. The molecule has 0 aliphatic carbocycles. The molecule has 0 amide bonds. The molecule has 6 aromatic rings. The summed E-state index contributed by atoms with van der Waals surface area (Å²) in [4.78, 5) is 9.76. The smallest absolute Gasteiger partial charge is 0.213 e. The van der Waals surface area contributed by atoms with E-state index in [2.05, 4.69) is 131 Å². The minimum atomic E-state index is -0.305. The number of fused-ring (bicyclic) bond motifs is 3. The highest BCUT2D eigenvalue weighted by molar-refractivity contribution is 5.89. The van der Waals surface area contributed by atoms with Crippen LogP contribution in [-0.2, 0) is 11.0 Å². The average molecular weight is 511 g/mol. The third-order valence-corrected chi connectivity index (χ3v) is 8.51. The Morgan fingerprint density at radius 1 is 0.615 bits per heavy atom. The van der Waals surface area contributed by atoms with Crippen molar-refractivity contribution in [3.05, 3.63) is 126 Å². The van der Waals surface area contributed by atoms with Crippen LogP contribution in [0.15, 0.2) is 104 Å². The van der Waals surface area contributed by atoms with E-state index in [1.54, 1.807) is 0 Å². The second-order valence-electron chi connectivity index (χ2n) is 11.9. The summed E-state index contributed by atoms with van der Waals surface area (Å²) in [6.07, 6.45) is 6.06. The van der Waals surface area contributed by atoms with Crippen molar-refractivity contribution in [3.8, 4) is 0 Å². The molecular formula is C36H36N3+. The third kappa shape index (κ3) is 3.99. The van der Waals surface area contributed by atoms with E-state index in [1.807, 2.05) is 18.5 Å². The Kier molecular flexibility index (Phi) is 5.99. The van der Waals surface area contributed by atoms with Gasteiger partial charge in [-0.2, -0.15) is 4.57 Å². The van der Waals surface area contributed by atoms with E-state index in [9.17, 15) is 0 Å². The summed E-state index contributed by atoms with van der Waals surface area (Å²) in [7, 11) is 0. The summed E-state index contributed by atoms with van der Waals surface area (Å²) in [5, 5.41) is 3.66. The molecule has 0 radical (unpaired) electrons. The Bertz CT molecular complexity index is 1840. The van der Waals surface area contributed by atoms with Crippen LogP contribution in [-0.4, -0.2) is 9.97 Å². The predicted molar refractivity (Wildman–Crippen MR) is 162 cm³/mol. The van der Waals surface area contributed by atoms with Crippen LogP contribution in [0.2, 0.25) is 0 Å². The van der Waals surface area contributed by atoms with E-state index in [-0.39, 0.29) is 11.0 Å². The molecule has 194 valence electrons. The van der Waals surface area contributed by atoms with Gasteiger partial charge in [-0.1, -0.05) is 82.3 Å². The van der Waals surface area contributed by atoms with Crippen LogP contribution in [0.4, 0.5) is 0 Å². The fraction of sp³-hybridized carbons (Fsp3) is 0.250. The highest BCUT2D eigenvalue weighted by Crippen LogP contribution is 2.40. The van der Waals surface area contributed by atoms with Gasteiger partial charge in [0.15, 0.2) is 11.7 Å². The van der Waals surface area contributed by atoms with E-state index in [0.717, 1.165) is 16.4 Å². The molecule has 3 aromatic carbocycles. The maximum Gasteiger partial charge on any atom is 0.213 e. The highest BCUT2D eigenvalue weighted by atomic mass is 15.0. The molecule has 3 nitrogen and oxygen atoms in total. The van der Waals surface area contributed by atoms with E-state index >= 15 is 0 Å². The number of hydrogen-bond acceptors (Lipinski definition) is 2. The summed E-state index contributed by atoms with van der Waals surface area (Å²) >= 11 is 0. The number of hydrogen-bond donors (Lipinski definition) is 0. The van der Waals surface area contributed by atoms with Gasteiger partial charge in [0.05, 0.1) is 11.0 Å². The Morgan fingerprint density at radius 2 is 1.26 bits per heavy atom. The van der Waals surface area contributed by atoms with E-state index < -0.39 is 0 Å². The van der Waals surface area contributed by atoms with Gasteiger partial charge in [0, 0.05) is 65.5 Å². The fourth-order valence-electron chi connectivity index (χ4n) is 6.34. The topological polar surface area (TPSA) is 29.7 Å². The quantitative estimate of drug-likeness (QED) is 0.218. The predicted octanol–water partition coefficient (Wildman–Crippen LogP) is 8.46. The van der Waals surface area contributed by atoms with Gasteiger partial charge in [-0.25, -0.2) is 0 Å². The van der Waals surface area contributed by atoms with Crippen molar-refractivity contribution in [1.82, 2.24) is 9.97 Å². The van der Waals surface area contributed by atoms with Gasteiger partial charge < -0.3 is 0 Å². The van der Waals surface area contributed by atoms with Gasteiger partial charge >= 0.3 is 0 Å². The molecule has 0 bridgehead atoms. The molecule has 0 saturated heterocycles. The normalized spacial score (nSPS) is 12.6. The van der Waals surface area contributed by atoms with Gasteiger partial charge in [-0.05, 0) is 40.8 Å². The first-order valence-electron chi connectivity index (χ1n) is 13.9. The molecule has 0 atom stereocenters. The lowest BCUT2D eigenvalue weighted by Crippen LogP contribution is -2.53. The van der Waals surface area contributed by atoms with Gasteiger partial charge in [-0.3, -0.25) is 9.97 Å². The SMILES string of the molecule is CC(C)c1cc[n+](C(C)(C)c2ccc(C(C)(C)c3cccc4cccnc34)c3ncccc23)c2ccccc12. The molecule has 0 aliphatic rings. The second kappa shape index (κ2) is 9.27. The Labute approximate surface area is 231 Å². The summed E-state index contributed by atoms with van der Waals surface area (Å²) in [6, 6.07) is 30.6. The first-order valence-corrected chi connectivity index (χ1v) is 13.9. The number of nitrogens with zero attached hydrogens (tertiary/aromatic N) is 3. The molecule has 6 rings (SSSR count). The van der Waals surface area contributed by atoms with Gasteiger partial charge in [0.2, 0.25) is 5.52 Å². The molecule has 0 saturated carbocycles. The molecule has 3 heterocycles. The highest BCUT2D eigenvalue weighted by Gasteiger charge is 2.37. The van der Waals surface area contributed by atoms with Crippen LogP contribution >= 0.6 is 0 Å². The lowest BCUT2D eigenvalue weighted by atomic mass is 9.75. The fourth-order valence-corrected chi connectivity index (χ4v) is 6.34. The summed E-state index contributed by atoms with van der Waals surface area (Å²) in [6.45, 7) is 13.7. The Morgan fingerprint density at radius 3 is 2.05 bits per heavy atom. The van der Waals surface area contributed by atoms with Crippen LogP contribution in [0.1, 0.15) is 69.7 Å². The minimum absolute atomic E-state index is 0.290. The minimum Gasteiger partial charge on any atom is -0.256 e. The zero-order valence-corrected chi connectivity index (χ0v) is 23.7. The molecule has 0 aliphatic heterocycles. The van der Waals surface area contributed by atoms with Crippen molar-refractivity contribution < 1.29 is 4.57 Å². The van der Waals surface area contributed by atoms with Crippen LogP contribution in [0, 0.1) is 0 Å². The molecule has 3 aromatic heterocycles. The summed E-state index contributed by atoms with van der Waals surface area (Å²) in [5.41, 5.74) is 7.80. The monoisotopic (exact) mass is 510 g/mol. The third-order valence-electron chi connectivity index (χ3n) is 8.51. The average Bonchev–Trinajstić information content (AvgIpc) is 2.95. The zero-order chi connectivity index (χ0) is 27.4. The zero-order valence-electron chi connectivity index (χ0n) is 23.7. The number of pyridine rings is 3. The van der Waals surface area contributed by atoms with Crippen molar-refractivity contribution in [3.63, 3.8) is 0 Å². The molecule has 39 heavy (non-hydrogen) atoms. The molecule has 0 unspecified atom stereocenters. The van der Waals surface area contributed by atoms with Crippen molar-refractivity contribution in [2.45, 2.75) is 58.4 Å². The largest absolute Gasteiger partial charge is 0.256 e. The van der Waals surface area contributed by atoms with E-state index in [1.165, 1.54) is 38.5 Å². The van der Waals surface area contributed by atoms with Crippen molar-refractivity contribution in [1.29, 1.82) is 0 Å². The van der Waals surface area contributed by atoms with Gasteiger partial charge in [-0.15, -0.1) is 0 Å². The van der Waals surface area contributed by atoms with Crippen LogP contribution in [0.3, 0.4) is 0 Å². The van der Waals surface area contributed by atoms with Crippen LogP contribution in [0.25, 0.3) is 32.7 Å². The number of benzene rings is 3. The summed E-state index contributed by atoms with van der Waals surface area (Å²) < 4.78 is 2.43. The van der Waals surface area contributed by atoms with E-state index in [0.29, 0.717) is 5.92 Å². The number of para-hydroxylation sites is 2.